The Balaban J connectivity index is 1.46. The largest absolute Gasteiger partial charge is 0.496 e. The van der Waals surface area contributed by atoms with Crippen molar-refractivity contribution in [3.8, 4) is 11.5 Å². The Morgan fingerprint density at radius 3 is 3.22 bits per heavy atom. The van der Waals surface area contributed by atoms with Crippen molar-refractivity contribution in [2.75, 3.05) is 7.11 Å². The predicted octanol–water partition coefficient (Wildman–Crippen LogP) is 1.71. The number of rotatable bonds is 4. The Morgan fingerprint density at radius 2 is 2.35 bits per heavy atom. The van der Waals surface area contributed by atoms with Crippen LogP contribution in [0, 0.1) is 0 Å². The van der Waals surface area contributed by atoms with Gasteiger partial charge in [-0.25, -0.2) is 9.67 Å². The van der Waals surface area contributed by atoms with Gasteiger partial charge in [0.05, 0.1) is 13.7 Å². The fraction of sp³-hybridized carbons (Fsp3) is 0.529. The van der Waals surface area contributed by atoms with Crippen LogP contribution in [0.3, 0.4) is 0 Å². The van der Waals surface area contributed by atoms with Crippen LogP contribution >= 0.6 is 0 Å². The fourth-order valence-corrected chi connectivity index (χ4v) is 3.47. The van der Waals surface area contributed by atoms with E-state index in [1.807, 2.05) is 4.68 Å². The second kappa shape index (κ2) is 5.85. The van der Waals surface area contributed by atoms with E-state index in [-0.39, 0.29) is 6.10 Å². The summed E-state index contributed by atoms with van der Waals surface area (Å²) < 4.78 is 13.4. The van der Waals surface area contributed by atoms with E-state index in [0.29, 0.717) is 6.04 Å². The van der Waals surface area contributed by atoms with Gasteiger partial charge in [-0.3, -0.25) is 0 Å². The molecule has 0 aliphatic carbocycles. The minimum atomic E-state index is 0.252. The summed E-state index contributed by atoms with van der Waals surface area (Å²) in [6, 6.07) is 4.64. The third kappa shape index (κ3) is 2.79. The number of hydrogen-bond acceptors (Lipinski definition) is 5. The molecule has 0 radical (unpaired) electrons. The second-order valence-electron chi connectivity index (χ2n) is 6.38. The lowest BCUT2D eigenvalue weighted by atomic mass is 10.0. The molecular formula is C17H22N4O2. The van der Waals surface area contributed by atoms with E-state index in [9.17, 15) is 0 Å². The van der Waals surface area contributed by atoms with Crippen LogP contribution in [0.25, 0.3) is 0 Å². The van der Waals surface area contributed by atoms with Crippen LogP contribution in [0.4, 0.5) is 0 Å². The van der Waals surface area contributed by atoms with E-state index in [1.165, 1.54) is 5.56 Å². The van der Waals surface area contributed by atoms with E-state index >= 15 is 0 Å². The van der Waals surface area contributed by atoms with Gasteiger partial charge in [0, 0.05) is 36.6 Å². The maximum absolute atomic E-state index is 5.87. The number of hydrogen-bond donors (Lipinski definition) is 1. The SMILES string of the molecule is COc1cc2c(cc1CN[C@@H]1CCc3ncnn3C1)O[C@H](C)C2. The zero-order valence-electron chi connectivity index (χ0n) is 13.6. The molecule has 1 N–H and O–H groups in total. The van der Waals surface area contributed by atoms with E-state index < -0.39 is 0 Å². The molecule has 1 aromatic carbocycles. The van der Waals surface area contributed by atoms with Crippen molar-refractivity contribution in [1.29, 1.82) is 0 Å². The highest BCUT2D eigenvalue weighted by Crippen LogP contribution is 2.35. The number of nitrogens with one attached hydrogen (secondary N) is 1. The lowest BCUT2D eigenvalue weighted by Crippen LogP contribution is -2.37. The summed E-state index contributed by atoms with van der Waals surface area (Å²) in [5.74, 6) is 3.02. The van der Waals surface area contributed by atoms with Crippen LogP contribution in [-0.4, -0.2) is 34.0 Å². The smallest absolute Gasteiger partial charge is 0.138 e. The summed E-state index contributed by atoms with van der Waals surface area (Å²) in [6.07, 6.45) is 4.90. The molecule has 2 aliphatic rings. The summed E-state index contributed by atoms with van der Waals surface area (Å²) >= 11 is 0. The van der Waals surface area contributed by atoms with Crippen molar-refractivity contribution in [2.24, 2.45) is 0 Å². The number of aromatic nitrogens is 3. The van der Waals surface area contributed by atoms with Gasteiger partial charge >= 0.3 is 0 Å². The molecule has 2 aliphatic heterocycles. The molecule has 0 unspecified atom stereocenters. The van der Waals surface area contributed by atoms with E-state index in [2.05, 4.69) is 34.5 Å². The molecule has 6 heteroatoms. The molecule has 0 bridgehead atoms. The Bertz CT molecular complexity index is 713. The van der Waals surface area contributed by atoms with Crippen molar-refractivity contribution in [2.45, 2.75) is 51.4 Å². The summed E-state index contributed by atoms with van der Waals surface area (Å²) in [6.45, 7) is 3.74. The average Bonchev–Trinajstić information content (AvgIpc) is 3.15. The molecule has 1 aromatic heterocycles. The number of nitrogens with zero attached hydrogens (tertiary/aromatic N) is 3. The van der Waals surface area contributed by atoms with Crippen molar-refractivity contribution in [3.63, 3.8) is 0 Å². The minimum Gasteiger partial charge on any atom is -0.496 e. The number of aryl methyl sites for hydroxylation is 1. The third-order valence-corrected chi connectivity index (χ3v) is 4.69. The van der Waals surface area contributed by atoms with Crippen LogP contribution < -0.4 is 14.8 Å². The van der Waals surface area contributed by atoms with E-state index in [1.54, 1.807) is 13.4 Å². The van der Waals surface area contributed by atoms with Gasteiger partial charge in [0.25, 0.3) is 0 Å². The first-order valence-electron chi connectivity index (χ1n) is 8.19. The third-order valence-electron chi connectivity index (χ3n) is 4.69. The van der Waals surface area contributed by atoms with Gasteiger partial charge in [-0.15, -0.1) is 0 Å². The standard InChI is InChI=1S/C17H22N4O2/c1-11-5-12-6-15(22-2)13(7-16(12)23-11)8-18-14-3-4-17-19-10-20-21(17)9-14/h6-7,10-11,14,18H,3-5,8-9H2,1-2H3/t11-,14-/m1/s1. The monoisotopic (exact) mass is 314 g/mol. The molecule has 0 amide bonds. The Hall–Kier alpha value is -2.08. The zero-order valence-corrected chi connectivity index (χ0v) is 13.6. The summed E-state index contributed by atoms with van der Waals surface area (Å²) in [5.41, 5.74) is 2.38. The number of benzene rings is 1. The van der Waals surface area contributed by atoms with Gasteiger partial charge in [-0.1, -0.05) is 0 Å². The maximum Gasteiger partial charge on any atom is 0.138 e. The summed E-state index contributed by atoms with van der Waals surface area (Å²) in [4.78, 5) is 4.27. The van der Waals surface area contributed by atoms with Gasteiger partial charge in [0.15, 0.2) is 0 Å². The molecule has 4 rings (SSSR count). The van der Waals surface area contributed by atoms with E-state index in [4.69, 9.17) is 9.47 Å². The predicted molar refractivity (Wildman–Crippen MR) is 85.8 cm³/mol. The van der Waals surface area contributed by atoms with Crippen molar-refractivity contribution in [3.05, 3.63) is 35.4 Å². The van der Waals surface area contributed by atoms with Gasteiger partial charge in [-0.05, 0) is 25.5 Å². The van der Waals surface area contributed by atoms with Crippen LogP contribution in [0.2, 0.25) is 0 Å². The highest BCUT2D eigenvalue weighted by Gasteiger charge is 2.23. The summed E-state index contributed by atoms with van der Waals surface area (Å²) in [5, 5.41) is 7.89. The fourth-order valence-electron chi connectivity index (χ4n) is 3.47. The van der Waals surface area contributed by atoms with Crippen molar-refractivity contribution < 1.29 is 9.47 Å². The molecule has 6 nitrogen and oxygen atoms in total. The molecule has 0 spiro atoms. The molecule has 2 aromatic rings. The van der Waals surface area contributed by atoms with Gasteiger partial charge in [0.1, 0.15) is 29.8 Å². The van der Waals surface area contributed by atoms with Crippen LogP contribution in [0.15, 0.2) is 18.5 Å². The first-order valence-corrected chi connectivity index (χ1v) is 8.19. The molecule has 2 atom stereocenters. The van der Waals surface area contributed by atoms with Crippen LogP contribution in [0.5, 0.6) is 11.5 Å². The van der Waals surface area contributed by atoms with E-state index in [0.717, 1.165) is 55.2 Å². The van der Waals surface area contributed by atoms with Crippen LogP contribution in [0.1, 0.15) is 30.3 Å². The molecule has 122 valence electrons. The van der Waals surface area contributed by atoms with Gasteiger partial charge in [0.2, 0.25) is 0 Å². The van der Waals surface area contributed by atoms with Crippen molar-refractivity contribution in [1.82, 2.24) is 20.1 Å². The Labute approximate surface area is 135 Å². The lowest BCUT2D eigenvalue weighted by molar-refractivity contribution is 0.254. The number of ether oxygens (including phenoxy) is 2. The van der Waals surface area contributed by atoms with Gasteiger partial charge < -0.3 is 14.8 Å². The Morgan fingerprint density at radius 1 is 1.43 bits per heavy atom. The highest BCUT2D eigenvalue weighted by molar-refractivity contribution is 5.48. The first kappa shape index (κ1) is 14.5. The zero-order chi connectivity index (χ0) is 15.8. The maximum atomic E-state index is 5.87. The Kier molecular flexibility index (Phi) is 3.69. The molecule has 0 saturated heterocycles. The minimum absolute atomic E-state index is 0.252. The highest BCUT2D eigenvalue weighted by atomic mass is 16.5. The lowest BCUT2D eigenvalue weighted by Gasteiger charge is -2.24. The topological polar surface area (TPSA) is 61.2 Å². The van der Waals surface area contributed by atoms with Crippen LogP contribution in [-0.2, 0) is 25.9 Å². The first-order chi connectivity index (χ1) is 11.2. The quantitative estimate of drug-likeness (QED) is 0.931. The molecule has 23 heavy (non-hydrogen) atoms. The number of fused-ring (bicyclic) bond motifs is 2. The molecular weight excluding hydrogens is 292 g/mol. The number of methoxy groups -OCH3 is 1. The summed E-state index contributed by atoms with van der Waals surface area (Å²) in [7, 11) is 1.73. The molecule has 3 heterocycles. The van der Waals surface area contributed by atoms with Crippen molar-refractivity contribution >= 4 is 0 Å². The molecule has 0 fully saturated rings. The van der Waals surface area contributed by atoms with Gasteiger partial charge in [-0.2, -0.15) is 5.10 Å². The normalized spacial score (nSPS) is 22.3. The molecule has 0 saturated carbocycles. The second-order valence-corrected chi connectivity index (χ2v) is 6.38. The average molecular weight is 314 g/mol.